The van der Waals surface area contributed by atoms with Gasteiger partial charge in [-0.1, -0.05) is 6.07 Å². The Balaban J connectivity index is 1.77. The van der Waals surface area contributed by atoms with E-state index in [1.54, 1.807) is 4.90 Å². The average Bonchev–Trinajstić information content (AvgIpc) is 2.85. The molecule has 1 fully saturated rings. The van der Waals surface area contributed by atoms with Gasteiger partial charge in [0.15, 0.2) is 17.3 Å². The molecule has 0 aromatic heterocycles. The number of amides is 1. The Morgan fingerprint density at radius 1 is 1.18 bits per heavy atom. The lowest BCUT2D eigenvalue weighted by Crippen LogP contribution is -2.24. The summed E-state index contributed by atoms with van der Waals surface area (Å²) in [6, 6.07) is 5.54. The summed E-state index contributed by atoms with van der Waals surface area (Å²) in [6.45, 7) is 0.897. The first-order chi connectivity index (χ1) is 8.22. The van der Waals surface area contributed by atoms with Crippen LogP contribution in [0.25, 0.3) is 0 Å². The Hall–Kier alpha value is -2.04. The molecule has 2 aliphatic heterocycles. The molecule has 0 radical (unpaired) electrons. The van der Waals surface area contributed by atoms with Gasteiger partial charge in [-0.05, 0) is 17.7 Å². The molecule has 0 unspecified atom stereocenters. The van der Waals surface area contributed by atoms with Gasteiger partial charge in [0.25, 0.3) is 0 Å². The number of benzene rings is 1. The third-order valence-electron chi connectivity index (χ3n) is 2.88. The second-order valence-electron chi connectivity index (χ2n) is 4.15. The monoisotopic (exact) mass is 233 g/mol. The molecule has 0 saturated carbocycles. The SMILES string of the molecule is O=C1CC(=O)N(Cc2ccc3c(c2)OCO3)C1. The fourth-order valence-corrected chi connectivity index (χ4v) is 2.04. The first-order valence-corrected chi connectivity index (χ1v) is 5.40. The number of ketones is 1. The molecular weight excluding hydrogens is 222 g/mol. The van der Waals surface area contributed by atoms with E-state index >= 15 is 0 Å². The topological polar surface area (TPSA) is 55.8 Å². The van der Waals surface area contributed by atoms with Crippen molar-refractivity contribution in [1.82, 2.24) is 4.90 Å². The highest BCUT2D eigenvalue weighted by atomic mass is 16.7. The van der Waals surface area contributed by atoms with Gasteiger partial charge in [-0.15, -0.1) is 0 Å². The van der Waals surface area contributed by atoms with E-state index in [1.807, 2.05) is 18.2 Å². The second-order valence-corrected chi connectivity index (χ2v) is 4.15. The molecule has 0 bridgehead atoms. The molecule has 88 valence electrons. The quantitative estimate of drug-likeness (QED) is 0.706. The number of carbonyl (C=O) groups excluding carboxylic acids is 2. The van der Waals surface area contributed by atoms with Crippen molar-refractivity contribution in [1.29, 1.82) is 0 Å². The van der Waals surface area contributed by atoms with E-state index in [0.29, 0.717) is 12.3 Å². The third-order valence-corrected chi connectivity index (χ3v) is 2.88. The van der Waals surface area contributed by atoms with Gasteiger partial charge >= 0.3 is 0 Å². The minimum atomic E-state index is -0.104. The summed E-state index contributed by atoms with van der Waals surface area (Å²) in [4.78, 5) is 24.2. The van der Waals surface area contributed by atoms with Crippen LogP contribution in [0.1, 0.15) is 12.0 Å². The van der Waals surface area contributed by atoms with E-state index < -0.39 is 0 Å². The van der Waals surface area contributed by atoms with Gasteiger partial charge in [-0.2, -0.15) is 0 Å². The number of Topliss-reactive ketones (excluding diaryl/α,β-unsaturated/α-hetero) is 1. The van der Waals surface area contributed by atoms with Crippen molar-refractivity contribution in [3.63, 3.8) is 0 Å². The highest BCUT2D eigenvalue weighted by molar-refractivity contribution is 6.05. The van der Waals surface area contributed by atoms with Crippen LogP contribution in [0.15, 0.2) is 18.2 Å². The molecule has 3 rings (SSSR count). The lowest BCUT2D eigenvalue weighted by molar-refractivity contribution is -0.128. The van der Waals surface area contributed by atoms with E-state index in [0.717, 1.165) is 11.3 Å². The smallest absolute Gasteiger partial charge is 0.231 e. The van der Waals surface area contributed by atoms with Crippen molar-refractivity contribution >= 4 is 11.7 Å². The van der Waals surface area contributed by atoms with E-state index in [2.05, 4.69) is 0 Å². The molecule has 17 heavy (non-hydrogen) atoms. The van der Waals surface area contributed by atoms with Gasteiger partial charge in [0.2, 0.25) is 12.7 Å². The van der Waals surface area contributed by atoms with Crippen LogP contribution < -0.4 is 9.47 Å². The maximum atomic E-state index is 11.5. The summed E-state index contributed by atoms with van der Waals surface area (Å²) < 4.78 is 10.5. The van der Waals surface area contributed by atoms with E-state index in [-0.39, 0.29) is 31.4 Å². The first-order valence-electron chi connectivity index (χ1n) is 5.40. The molecule has 1 aromatic carbocycles. The molecular formula is C12H11NO4. The zero-order valence-corrected chi connectivity index (χ0v) is 9.14. The maximum absolute atomic E-state index is 11.5. The van der Waals surface area contributed by atoms with Crippen molar-refractivity contribution in [3.05, 3.63) is 23.8 Å². The number of carbonyl (C=O) groups is 2. The summed E-state index contributed by atoms with van der Waals surface area (Å²) in [5, 5.41) is 0. The highest BCUT2D eigenvalue weighted by Crippen LogP contribution is 2.32. The minimum Gasteiger partial charge on any atom is -0.454 e. The van der Waals surface area contributed by atoms with Gasteiger partial charge in [0.05, 0.1) is 13.0 Å². The molecule has 1 amide bonds. The van der Waals surface area contributed by atoms with Crippen LogP contribution in [0.5, 0.6) is 11.5 Å². The molecule has 2 aliphatic rings. The van der Waals surface area contributed by atoms with Gasteiger partial charge in [0.1, 0.15) is 0 Å². The molecule has 0 N–H and O–H groups in total. The van der Waals surface area contributed by atoms with Gasteiger partial charge < -0.3 is 14.4 Å². The van der Waals surface area contributed by atoms with Gasteiger partial charge in [-0.25, -0.2) is 0 Å². The lowest BCUT2D eigenvalue weighted by Gasteiger charge is -2.14. The van der Waals surface area contributed by atoms with Crippen LogP contribution in [-0.2, 0) is 16.1 Å². The average molecular weight is 233 g/mol. The number of fused-ring (bicyclic) bond motifs is 1. The summed E-state index contributed by atoms with van der Waals surface area (Å²) in [6.07, 6.45) is 0.0323. The van der Waals surface area contributed by atoms with Crippen molar-refractivity contribution in [3.8, 4) is 11.5 Å². The van der Waals surface area contributed by atoms with Crippen LogP contribution in [0.3, 0.4) is 0 Å². The molecule has 5 nitrogen and oxygen atoms in total. The first kappa shape index (κ1) is 10.1. The Bertz CT molecular complexity index is 497. The highest BCUT2D eigenvalue weighted by Gasteiger charge is 2.27. The zero-order valence-electron chi connectivity index (χ0n) is 9.14. The molecule has 1 saturated heterocycles. The van der Waals surface area contributed by atoms with Crippen LogP contribution in [0, 0.1) is 0 Å². The third kappa shape index (κ3) is 1.84. The summed E-state index contributed by atoms with van der Waals surface area (Å²) >= 11 is 0. The van der Waals surface area contributed by atoms with Crippen molar-refractivity contribution < 1.29 is 19.1 Å². The predicted molar refractivity (Wildman–Crippen MR) is 57.6 cm³/mol. The van der Waals surface area contributed by atoms with Crippen molar-refractivity contribution in [2.24, 2.45) is 0 Å². The molecule has 2 heterocycles. The molecule has 1 aromatic rings. The summed E-state index contributed by atoms with van der Waals surface area (Å²) in [5.74, 6) is 1.29. The van der Waals surface area contributed by atoms with Crippen LogP contribution >= 0.6 is 0 Å². The Morgan fingerprint density at radius 2 is 2.00 bits per heavy atom. The van der Waals surface area contributed by atoms with Crippen molar-refractivity contribution in [2.45, 2.75) is 13.0 Å². The van der Waals surface area contributed by atoms with Crippen molar-refractivity contribution in [2.75, 3.05) is 13.3 Å². The van der Waals surface area contributed by atoms with Gasteiger partial charge in [-0.3, -0.25) is 9.59 Å². The normalized spacial score (nSPS) is 18.0. The Labute approximate surface area is 97.9 Å². The van der Waals surface area contributed by atoms with Crippen LogP contribution in [0.2, 0.25) is 0 Å². The lowest BCUT2D eigenvalue weighted by atomic mass is 10.2. The molecule has 0 aliphatic carbocycles. The van der Waals surface area contributed by atoms with E-state index in [1.165, 1.54) is 0 Å². The number of ether oxygens (including phenoxy) is 2. The number of nitrogens with zero attached hydrogens (tertiary/aromatic N) is 1. The van der Waals surface area contributed by atoms with Crippen LogP contribution in [-0.4, -0.2) is 29.9 Å². The Morgan fingerprint density at radius 3 is 2.76 bits per heavy atom. The summed E-state index contributed by atoms with van der Waals surface area (Å²) in [7, 11) is 0. The second kappa shape index (κ2) is 3.76. The van der Waals surface area contributed by atoms with Crippen LogP contribution in [0.4, 0.5) is 0 Å². The standard InChI is InChI=1S/C12H11NO4/c14-9-4-12(15)13(6-9)5-8-1-2-10-11(3-8)17-7-16-10/h1-3H,4-7H2. The minimum absolute atomic E-state index is 0.0178. The summed E-state index contributed by atoms with van der Waals surface area (Å²) in [5.41, 5.74) is 0.942. The fourth-order valence-electron chi connectivity index (χ4n) is 2.04. The van der Waals surface area contributed by atoms with E-state index in [9.17, 15) is 9.59 Å². The Kier molecular flexibility index (Phi) is 2.24. The largest absolute Gasteiger partial charge is 0.454 e. The predicted octanol–water partition coefficient (Wildman–Crippen LogP) is 0.717. The van der Waals surface area contributed by atoms with E-state index in [4.69, 9.17) is 9.47 Å². The maximum Gasteiger partial charge on any atom is 0.231 e. The number of hydrogen-bond acceptors (Lipinski definition) is 4. The molecule has 0 atom stereocenters. The number of likely N-dealkylation sites (tertiary alicyclic amines) is 1. The molecule has 5 heteroatoms. The number of rotatable bonds is 2. The number of hydrogen-bond donors (Lipinski definition) is 0. The fraction of sp³-hybridized carbons (Fsp3) is 0.333. The zero-order chi connectivity index (χ0) is 11.8. The van der Waals surface area contributed by atoms with Gasteiger partial charge in [0, 0.05) is 6.54 Å². The molecule has 0 spiro atoms.